The Morgan fingerprint density at radius 2 is 1.83 bits per heavy atom. The average Bonchev–Trinajstić information content (AvgIpc) is 2.52. The summed E-state index contributed by atoms with van der Waals surface area (Å²) in [6.07, 6.45) is 0.791. The number of rotatable bonds is 4. The highest BCUT2D eigenvalue weighted by molar-refractivity contribution is 6.34. The maximum absolute atomic E-state index is 12.6. The van der Waals surface area contributed by atoms with Crippen LogP contribution >= 0.6 is 11.6 Å². The quantitative estimate of drug-likeness (QED) is 0.774. The Balaban J connectivity index is 2.17. The van der Waals surface area contributed by atoms with Gasteiger partial charge in [-0.05, 0) is 31.0 Å². The molecule has 0 N–H and O–H groups in total. The number of piperazine rings is 1. The lowest BCUT2D eigenvalue weighted by molar-refractivity contribution is -0.134. The van der Waals surface area contributed by atoms with E-state index in [4.69, 9.17) is 11.6 Å². The Labute approximate surface area is 147 Å². The van der Waals surface area contributed by atoms with Gasteiger partial charge in [0.2, 0.25) is 18.2 Å². The van der Waals surface area contributed by atoms with Crippen LogP contribution in [0.25, 0.3) is 0 Å². The van der Waals surface area contributed by atoms with Gasteiger partial charge in [-0.25, -0.2) is 0 Å². The predicted molar refractivity (Wildman–Crippen MR) is 93.2 cm³/mol. The monoisotopic (exact) mass is 351 g/mol. The van der Waals surface area contributed by atoms with Gasteiger partial charge in [-0.1, -0.05) is 17.7 Å². The molecule has 6 nitrogen and oxygen atoms in total. The van der Waals surface area contributed by atoms with E-state index >= 15 is 0 Å². The fourth-order valence-electron chi connectivity index (χ4n) is 2.91. The van der Waals surface area contributed by atoms with E-state index in [-0.39, 0.29) is 18.4 Å². The van der Waals surface area contributed by atoms with Crippen molar-refractivity contribution in [3.8, 4) is 0 Å². The molecule has 3 amide bonds. The van der Waals surface area contributed by atoms with Crippen molar-refractivity contribution in [3.63, 3.8) is 0 Å². The second-order valence-corrected chi connectivity index (χ2v) is 6.45. The number of nitrogens with zero attached hydrogens (tertiary/aromatic N) is 3. The number of amides is 3. The van der Waals surface area contributed by atoms with Crippen molar-refractivity contribution in [3.05, 3.63) is 28.3 Å². The molecule has 7 heteroatoms. The van der Waals surface area contributed by atoms with Gasteiger partial charge >= 0.3 is 0 Å². The zero-order chi connectivity index (χ0) is 17.9. The van der Waals surface area contributed by atoms with Crippen LogP contribution in [0.15, 0.2) is 12.1 Å². The number of hydrogen-bond acceptors (Lipinski definition) is 3. The minimum atomic E-state index is -0.233. The van der Waals surface area contributed by atoms with Crippen molar-refractivity contribution in [2.75, 3.05) is 37.6 Å². The van der Waals surface area contributed by atoms with Crippen LogP contribution < -0.4 is 4.90 Å². The van der Waals surface area contributed by atoms with Crippen molar-refractivity contribution < 1.29 is 14.4 Å². The largest absolute Gasteiger partial charge is 0.342 e. The number of carbonyl (C=O) groups is 3. The number of anilines is 1. The Hall–Kier alpha value is -2.08. The van der Waals surface area contributed by atoms with Crippen LogP contribution in [-0.2, 0) is 14.4 Å². The lowest BCUT2D eigenvalue weighted by Gasteiger charge is -2.34. The van der Waals surface area contributed by atoms with E-state index in [2.05, 4.69) is 0 Å². The molecule has 1 aromatic carbocycles. The van der Waals surface area contributed by atoms with E-state index in [0.717, 1.165) is 17.5 Å². The highest BCUT2D eigenvalue weighted by Crippen LogP contribution is 2.31. The zero-order valence-corrected chi connectivity index (χ0v) is 15.0. The van der Waals surface area contributed by atoms with Crippen LogP contribution in [0, 0.1) is 13.8 Å². The van der Waals surface area contributed by atoms with Crippen LogP contribution in [0.2, 0.25) is 5.02 Å². The van der Waals surface area contributed by atoms with Gasteiger partial charge in [0.25, 0.3) is 0 Å². The molecule has 1 saturated heterocycles. The van der Waals surface area contributed by atoms with Crippen LogP contribution in [-0.4, -0.2) is 60.7 Å². The first-order valence-corrected chi connectivity index (χ1v) is 8.23. The van der Waals surface area contributed by atoms with E-state index < -0.39 is 0 Å². The molecule has 0 bridgehead atoms. The molecule has 1 heterocycles. The number of hydrogen-bond donors (Lipinski definition) is 0. The van der Waals surface area contributed by atoms with E-state index in [0.29, 0.717) is 36.9 Å². The fourth-order valence-corrected chi connectivity index (χ4v) is 3.33. The molecule has 2 rings (SSSR count). The molecule has 0 aliphatic carbocycles. The molecule has 0 atom stereocenters. The Bertz CT molecular complexity index is 631. The second-order valence-electron chi connectivity index (χ2n) is 6.04. The Morgan fingerprint density at radius 1 is 1.21 bits per heavy atom. The van der Waals surface area contributed by atoms with E-state index in [1.165, 1.54) is 11.8 Å². The molecule has 0 aromatic heterocycles. The normalized spacial score (nSPS) is 14.5. The molecule has 1 aliphatic heterocycles. The first-order chi connectivity index (χ1) is 11.3. The molecule has 1 aliphatic rings. The summed E-state index contributed by atoms with van der Waals surface area (Å²) in [5.74, 6) is -0.379. The summed E-state index contributed by atoms with van der Waals surface area (Å²) in [5.41, 5.74) is 2.43. The third kappa shape index (κ3) is 4.06. The number of carbonyl (C=O) groups excluding carboxylic acids is 3. The van der Waals surface area contributed by atoms with Crippen LogP contribution in [0.1, 0.15) is 18.1 Å². The minimum Gasteiger partial charge on any atom is -0.342 e. The molecule has 0 radical (unpaired) electrons. The molecule has 0 saturated carbocycles. The molecule has 0 spiro atoms. The van der Waals surface area contributed by atoms with E-state index in [1.807, 2.05) is 19.9 Å². The third-order valence-electron chi connectivity index (χ3n) is 4.16. The Kier molecular flexibility index (Phi) is 5.83. The van der Waals surface area contributed by atoms with E-state index in [1.54, 1.807) is 15.9 Å². The maximum atomic E-state index is 12.6. The Morgan fingerprint density at radius 3 is 2.33 bits per heavy atom. The predicted octanol–water partition coefficient (Wildman–Crippen LogP) is 1.61. The minimum absolute atomic E-state index is 0.0555. The maximum Gasteiger partial charge on any atom is 0.242 e. The SMILES string of the molecule is CC(=O)N(CC(=O)N1CCN(C=O)CC1)c1c(C)cc(C)cc1Cl. The lowest BCUT2D eigenvalue weighted by Crippen LogP contribution is -2.51. The highest BCUT2D eigenvalue weighted by Gasteiger charge is 2.25. The molecule has 1 fully saturated rings. The van der Waals surface area contributed by atoms with E-state index in [9.17, 15) is 14.4 Å². The van der Waals surface area contributed by atoms with Gasteiger partial charge in [0.15, 0.2) is 0 Å². The van der Waals surface area contributed by atoms with Crippen molar-refractivity contribution in [1.82, 2.24) is 9.80 Å². The molecule has 1 aromatic rings. The van der Waals surface area contributed by atoms with Crippen molar-refractivity contribution in [2.24, 2.45) is 0 Å². The van der Waals surface area contributed by atoms with Gasteiger partial charge in [-0.3, -0.25) is 14.4 Å². The van der Waals surface area contributed by atoms with Crippen LogP contribution in [0.4, 0.5) is 5.69 Å². The van der Waals surface area contributed by atoms with Gasteiger partial charge in [-0.2, -0.15) is 0 Å². The molecule has 0 unspecified atom stereocenters. The van der Waals surface area contributed by atoms with Gasteiger partial charge in [0, 0.05) is 33.1 Å². The summed E-state index contributed by atoms with van der Waals surface area (Å²) in [5, 5.41) is 0.460. The second kappa shape index (κ2) is 7.66. The van der Waals surface area contributed by atoms with Crippen molar-refractivity contribution in [2.45, 2.75) is 20.8 Å². The third-order valence-corrected chi connectivity index (χ3v) is 4.45. The van der Waals surface area contributed by atoms with Gasteiger partial charge in [0.05, 0.1) is 10.7 Å². The smallest absolute Gasteiger partial charge is 0.242 e. The molecule has 130 valence electrons. The van der Waals surface area contributed by atoms with Crippen molar-refractivity contribution >= 4 is 35.5 Å². The topological polar surface area (TPSA) is 60.9 Å². The first-order valence-electron chi connectivity index (χ1n) is 7.85. The van der Waals surface area contributed by atoms with Crippen molar-refractivity contribution in [1.29, 1.82) is 0 Å². The zero-order valence-electron chi connectivity index (χ0n) is 14.2. The summed E-state index contributed by atoms with van der Waals surface area (Å²) in [6.45, 7) is 7.15. The number of benzene rings is 1. The number of halogens is 1. The highest BCUT2D eigenvalue weighted by atomic mass is 35.5. The fraction of sp³-hybridized carbons (Fsp3) is 0.471. The first kappa shape index (κ1) is 18.3. The molecule has 24 heavy (non-hydrogen) atoms. The molecular weight excluding hydrogens is 330 g/mol. The summed E-state index contributed by atoms with van der Waals surface area (Å²) >= 11 is 6.32. The average molecular weight is 352 g/mol. The van der Waals surface area contributed by atoms with Crippen LogP contribution in [0.5, 0.6) is 0 Å². The number of aryl methyl sites for hydroxylation is 2. The summed E-state index contributed by atoms with van der Waals surface area (Å²) in [7, 11) is 0. The standard InChI is InChI=1S/C17H22ClN3O3/c1-12-8-13(2)17(15(18)9-12)21(14(3)23)10-16(24)20-6-4-19(11-22)5-7-20/h8-9,11H,4-7,10H2,1-3H3. The summed E-state index contributed by atoms with van der Waals surface area (Å²) in [6, 6.07) is 3.72. The summed E-state index contributed by atoms with van der Waals surface area (Å²) in [4.78, 5) is 40.1. The summed E-state index contributed by atoms with van der Waals surface area (Å²) < 4.78 is 0. The van der Waals surface area contributed by atoms with Crippen LogP contribution in [0.3, 0.4) is 0 Å². The lowest BCUT2D eigenvalue weighted by atomic mass is 10.1. The molecular formula is C17H22ClN3O3. The van der Waals surface area contributed by atoms with Gasteiger partial charge < -0.3 is 14.7 Å². The van der Waals surface area contributed by atoms with Gasteiger partial charge in [0.1, 0.15) is 6.54 Å². The van der Waals surface area contributed by atoms with Gasteiger partial charge in [-0.15, -0.1) is 0 Å².